The van der Waals surface area contributed by atoms with Gasteiger partial charge in [0, 0.05) is 5.56 Å². The SMILES string of the molecule is Cc1ccc(C(=O)S)c(Cl)c1C(=O)OC(C)C. The van der Waals surface area contributed by atoms with Crippen LogP contribution in [-0.2, 0) is 4.74 Å². The van der Waals surface area contributed by atoms with Crippen molar-refractivity contribution in [2.24, 2.45) is 0 Å². The third kappa shape index (κ3) is 3.23. The molecule has 0 aliphatic heterocycles. The Morgan fingerprint density at radius 3 is 2.41 bits per heavy atom. The molecule has 0 radical (unpaired) electrons. The van der Waals surface area contributed by atoms with Crippen LogP contribution >= 0.6 is 24.2 Å². The van der Waals surface area contributed by atoms with Crippen LogP contribution in [0.5, 0.6) is 0 Å². The van der Waals surface area contributed by atoms with Gasteiger partial charge in [0.05, 0.1) is 16.7 Å². The topological polar surface area (TPSA) is 43.4 Å². The number of halogens is 1. The summed E-state index contributed by atoms with van der Waals surface area (Å²) in [7, 11) is 0. The average molecular weight is 273 g/mol. The molecular weight excluding hydrogens is 260 g/mol. The summed E-state index contributed by atoms with van der Waals surface area (Å²) in [5.41, 5.74) is 1.09. The van der Waals surface area contributed by atoms with E-state index in [0.717, 1.165) is 0 Å². The molecule has 0 saturated heterocycles. The highest BCUT2D eigenvalue weighted by Crippen LogP contribution is 2.26. The van der Waals surface area contributed by atoms with E-state index >= 15 is 0 Å². The number of benzene rings is 1. The van der Waals surface area contributed by atoms with Gasteiger partial charge in [0.25, 0.3) is 0 Å². The van der Waals surface area contributed by atoms with E-state index in [2.05, 4.69) is 12.6 Å². The highest BCUT2D eigenvalue weighted by molar-refractivity contribution is 7.97. The van der Waals surface area contributed by atoms with Gasteiger partial charge in [-0.15, -0.1) is 12.6 Å². The van der Waals surface area contributed by atoms with E-state index in [1.165, 1.54) is 0 Å². The largest absolute Gasteiger partial charge is 0.459 e. The number of aryl methyl sites for hydroxylation is 1. The molecule has 0 N–H and O–H groups in total. The molecule has 1 rings (SSSR count). The first-order valence-corrected chi connectivity index (χ1v) is 5.90. The van der Waals surface area contributed by atoms with Crippen molar-refractivity contribution >= 4 is 35.3 Å². The summed E-state index contributed by atoms with van der Waals surface area (Å²) in [4.78, 5) is 23.0. The monoisotopic (exact) mass is 272 g/mol. The summed E-state index contributed by atoms with van der Waals surface area (Å²) in [5, 5.41) is -0.385. The van der Waals surface area contributed by atoms with Gasteiger partial charge in [-0.25, -0.2) is 4.79 Å². The van der Waals surface area contributed by atoms with Crippen LogP contribution in [0.15, 0.2) is 12.1 Å². The van der Waals surface area contributed by atoms with Gasteiger partial charge in [-0.05, 0) is 32.4 Å². The smallest absolute Gasteiger partial charge is 0.340 e. The lowest BCUT2D eigenvalue weighted by molar-refractivity contribution is 0.0377. The lowest BCUT2D eigenvalue weighted by Gasteiger charge is -2.12. The van der Waals surface area contributed by atoms with Crippen molar-refractivity contribution in [3.8, 4) is 0 Å². The minimum Gasteiger partial charge on any atom is -0.459 e. The summed E-state index contributed by atoms with van der Waals surface area (Å²) < 4.78 is 5.07. The molecular formula is C12H13ClO3S. The summed E-state index contributed by atoms with van der Waals surface area (Å²) in [6, 6.07) is 3.19. The molecule has 0 aliphatic carbocycles. The zero-order valence-corrected chi connectivity index (χ0v) is 11.4. The number of thiol groups is 1. The molecule has 0 spiro atoms. The summed E-state index contributed by atoms with van der Waals surface area (Å²) in [5.74, 6) is -0.529. The quantitative estimate of drug-likeness (QED) is 0.678. The van der Waals surface area contributed by atoms with E-state index < -0.39 is 11.1 Å². The van der Waals surface area contributed by atoms with Gasteiger partial charge in [0.1, 0.15) is 0 Å². The van der Waals surface area contributed by atoms with E-state index in [9.17, 15) is 9.59 Å². The number of carbonyl (C=O) groups is 2. The van der Waals surface area contributed by atoms with E-state index in [-0.39, 0.29) is 22.3 Å². The number of ether oxygens (including phenoxy) is 1. The Morgan fingerprint density at radius 1 is 1.35 bits per heavy atom. The maximum atomic E-state index is 11.8. The Kier molecular flexibility index (Phi) is 4.60. The number of hydrogen-bond acceptors (Lipinski definition) is 3. The Balaban J connectivity index is 3.27. The first-order valence-electron chi connectivity index (χ1n) is 5.08. The van der Waals surface area contributed by atoms with E-state index in [1.807, 2.05) is 0 Å². The molecule has 0 aromatic heterocycles. The highest BCUT2D eigenvalue weighted by atomic mass is 35.5. The molecule has 3 nitrogen and oxygen atoms in total. The van der Waals surface area contributed by atoms with Crippen molar-refractivity contribution in [3.05, 3.63) is 33.8 Å². The van der Waals surface area contributed by atoms with Crippen LogP contribution < -0.4 is 0 Å². The normalized spacial score (nSPS) is 10.5. The lowest BCUT2D eigenvalue weighted by Crippen LogP contribution is -2.14. The molecule has 0 amide bonds. The Morgan fingerprint density at radius 2 is 1.94 bits per heavy atom. The zero-order valence-electron chi connectivity index (χ0n) is 9.78. The second kappa shape index (κ2) is 5.56. The number of rotatable bonds is 3. The fourth-order valence-corrected chi connectivity index (χ4v) is 1.99. The van der Waals surface area contributed by atoms with E-state index in [0.29, 0.717) is 5.56 Å². The molecule has 1 aromatic carbocycles. The zero-order chi connectivity index (χ0) is 13.2. The van der Waals surface area contributed by atoms with Gasteiger partial charge in [-0.2, -0.15) is 0 Å². The summed E-state index contributed by atoms with van der Waals surface area (Å²) >= 11 is 9.72. The molecule has 0 atom stereocenters. The molecule has 0 heterocycles. The van der Waals surface area contributed by atoms with Gasteiger partial charge in [0.15, 0.2) is 0 Å². The molecule has 0 saturated carbocycles. The van der Waals surface area contributed by atoms with E-state index in [1.54, 1.807) is 32.9 Å². The maximum absolute atomic E-state index is 11.8. The van der Waals surface area contributed by atoms with Gasteiger partial charge >= 0.3 is 5.97 Å². The third-order valence-corrected chi connectivity index (χ3v) is 2.76. The van der Waals surface area contributed by atoms with Gasteiger partial charge < -0.3 is 4.74 Å². The lowest BCUT2D eigenvalue weighted by atomic mass is 10.1. The van der Waals surface area contributed by atoms with Crippen LogP contribution in [0.1, 0.15) is 40.1 Å². The molecule has 17 heavy (non-hydrogen) atoms. The van der Waals surface area contributed by atoms with Crippen molar-refractivity contribution in [1.82, 2.24) is 0 Å². The molecule has 92 valence electrons. The van der Waals surface area contributed by atoms with Crippen LogP contribution in [0.3, 0.4) is 0 Å². The molecule has 5 heteroatoms. The van der Waals surface area contributed by atoms with E-state index in [4.69, 9.17) is 16.3 Å². The minimum atomic E-state index is -0.529. The van der Waals surface area contributed by atoms with Crippen LogP contribution in [0.25, 0.3) is 0 Å². The minimum absolute atomic E-state index is 0.0932. The average Bonchev–Trinajstić information content (AvgIpc) is 2.15. The predicted molar refractivity (Wildman–Crippen MR) is 70.1 cm³/mol. The van der Waals surface area contributed by atoms with Crippen LogP contribution in [0.2, 0.25) is 5.02 Å². The molecule has 0 unspecified atom stereocenters. The Hall–Kier alpha value is -1.00. The van der Waals surface area contributed by atoms with Crippen molar-refractivity contribution in [2.45, 2.75) is 26.9 Å². The van der Waals surface area contributed by atoms with Crippen molar-refractivity contribution < 1.29 is 14.3 Å². The number of esters is 1. The summed E-state index contributed by atoms with van der Waals surface area (Å²) in [6.45, 7) is 5.22. The number of carbonyl (C=O) groups excluding carboxylic acids is 2. The van der Waals surface area contributed by atoms with Crippen LogP contribution in [-0.4, -0.2) is 17.2 Å². The Bertz CT molecular complexity index is 469. The van der Waals surface area contributed by atoms with Crippen molar-refractivity contribution in [3.63, 3.8) is 0 Å². The number of hydrogen-bond donors (Lipinski definition) is 1. The van der Waals surface area contributed by atoms with Crippen LogP contribution in [0, 0.1) is 6.92 Å². The van der Waals surface area contributed by atoms with Crippen molar-refractivity contribution in [2.75, 3.05) is 0 Å². The van der Waals surface area contributed by atoms with Gasteiger partial charge in [-0.3, -0.25) is 4.79 Å². The van der Waals surface area contributed by atoms with Gasteiger partial charge in [-0.1, -0.05) is 17.7 Å². The fourth-order valence-electron chi connectivity index (χ4n) is 1.36. The van der Waals surface area contributed by atoms with Crippen molar-refractivity contribution in [1.29, 1.82) is 0 Å². The molecule has 0 aliphatic rings. The third-order valence-electron chi connectivity index (χ3n) is 2.13. The predicted octanol–water partition coefficient (Wildman–Crippen LogP) is 3.28. The first-order chi connectivity index (χ1) is 7.84. The second-order valence-corrected chi connectivity index (χ2v) is 4.66. The standard InChI is InChI=1S/C12H13ClO3S/c1-6(2)16-11(14)9-7(3)4-5-8(10(9)13)12(15)17/h4-6H,1-3H3,(H,15,17). The first kappa shape index (κ1) is 14.1. The van der Waals surface area contributed by atoms with Crippen LogP contribution in [0.4, 0.5) is 0 Å². The molecule has 0 bridgehead atoms. The maximum Gasteiger partial charge on any atom is 0.340 e. The summed E-state index contributed by atoms with van der Waals surface area (Å²) in [6.07, 6.45) is -0.242. The fraction of sp³-hybridized carbons (Fsp3) is 0.333. The Labute approximate surface area is 111 Å². The molecule has 0 fully saturated rings. The highest BCUT2D eigenvalue weighted by Gasteiger charge is 2.20. The molecule has 1 aromatic rings. The second-order valence-electron chi connectivity index (χ2n) is 3.88. The van der Waals surface area contributed by atoms with Gasteiger partial charge in [0.2, 0.25) is 5.12 Å².